The number of hydrogen-bond acceptors (Lipinski definition) is 7. The molecule has 7 nitrogen and oxygen atoms in total. The molecule has 0 atom stereocenters. The second-order valence-electron chi connectivity index (χ2n) is 6.35. The molecular weight excluding hydrogens is 401 g/mol. The summed E-state index contributed by atoms with van der Waals surface area (Å²) in [5.41, 5.74) is -0.0960. The predicted molar refractivity (Wildman–Crippen MR) is 105 cm³/mol. The van der Waals surface area contributed by atoms with E-state index in [2.05, 4.69) is 20.3 Å². The number of aromatic nitrogens is 3. The first-order valence-electron chi connectivity index (χ1n) is 9.07. The molecule has 2 heterocycles. The van der Waals surface area contributed by atoms with Gasteiger partial charge in [0.2, 0.25) is 0 Å². The van der Waals surface area contributed by atoms with Crippen LogP contribution in [0.2, 0.25) is 0 Å². The van der Waals surface area contributed by atoms with Gasteiger partial charge in [0, 0.05) is 18.6 Å². The van der Waals surface area contributed by atoms with Gasteiger partial charge in [-0.3, -0.25) is 0 Å². The Morgan fingerprint density at radius 3 is 2.50 bits per heavy atom. The van der Waals surface area contributed by atoms with Crippen molar-refractivity contribution in [3.05, 3.63) is 47.5 Å². The first-order chi connectivity index (χ1) is 14.3. The van der Waals surface area contributed by atoms with Crippen LogP contribution >= 0.6 is 0 Å². The molecule has 0 spiro atoms. The maximum Gasteiger partial charge on any atom is 0.433 e. The number of fused-ring (bicyclic) bond motifs is 1. The molecule has 0 bridgehead atoms. The molecule has 0 aliphatic heterocycles. The van der Waals surface area contributed by atoms with Gasteiger partial charge in [-0.05, 0) is 25.1 Å². The molecule has 2 aromatic heterocycles. The number of nitrogens with one attached hydrogen (secondary N) is 1. The molecule has 0 saturated carbocycles. The van der Waals surface area contributed by atoms with E-state index in [1.807, 2.05) is 0 Å². The second kappa shape index (κ2) is 9.12. The second-order valence-corrected chi connectivity index (χ2v) is 6.35. The Kier molecular flexibility index (Phi) is 6.56. The monoisotopic (exact) mass is 422 g/mol. The Balaban J connectivity index is 1.92. The van der Waals surface area contributed by atoms with Crippen molar-refractivity contribution in [2.45, 2.75) is 19.6 Å². The van der Waals surface area contributed by atoms with Gasteiger partial charge in [-0.1, -0.05) is 6.07 Å². The van der Waals surface area contributed by atoms with E-state index in [0.717, 1.165) is 6.07 Å². The van der Waals surface area contributed by atoms with Crippen molar-refractivity contribution in [2.75, 3.05) is 32.8 Å². The Morgan fingerprint density at radius 1 is 1.00 bits per heavy atom. The smallest absolute Gasteiger partial charge is 0.433 e. The topological polar surface area (TPSA) is 78.4 Å². The number of alkyl halides is 3. The molecule has 0 unspecified atom stereocenters. The summed E-state index contributed by atoms with van der Waals surface area (Å²) in [4.78, 5) is 12.5. The van der Waals surface area contributed by atoms with Crippen molar-refractivity contribution in [1.29, 1.82) is 0 Å². The molecule has 3 aromatic rings. The molecule has 0 radical (unpaired) electrons. The Bertz CT molecular complexity index is 1030. The van der Waals surface area contributed by atoms with Crippen LogP contribution in [-0.2, 0) is 17.5 Å². The lowest BCUT2D eigenvalue weighted by molar-refractivity contribution is -0.141. The molecule has 3 rings (SSSR count). The largest absolute Gasteiger partial charge is 0.493 e. The van der Waals surface area contributed by atoms with E-state index in [1.54, 1.807) is 26.2 Å². The summed E-state index contributed by atoms with van der Waals surface area (Å²) in [6, 6.07) is 7.22. The van der Waals surface area contributed by atoms with Crippen LogP contribution < -0.4 is 14.8 Å². The minimum atomic E-state index is -4.50. The van der Waals surface area contributed by atoms with Gasteiger partial charge in [0.05, 0.1) is 31.5 Å². The van der Waals surface area contributed by atoms with E-state index >= 15 is 0 Å². The highest BCUT2D eigenvalue weighted by molar-refractivity contribution is 5.91. The SMILES string of the molecule is COCCOc1cc2c(NCc3cccc(C(F)(F)F)n3)nc(C)nc2cc1OC. The van der Waals surface area contributed by atoms with Crippen LogP contribution in [0.4, 0.5) is 19.0 Å². The van der Waals surface area contributed by atoms with Crippen LogP contribution in [-0.4, -0.2) is 42.4 Å². The molecule has 10 heteroatoms. The third kappa shape index (κ3) is 5.07. The normalized spacial score (nSPS) is 11.5. The van der Waals surface area contributed by atoms with Crippen molar-refractivity contribution in [1.82, 2.24) is 15.0 Å². The molecule has 0 fully saturated rings. The molecule has 0 aliphatic carbocycles. The van der Waals surface area contributed by atoms with Crippen LogP contribution in [0, 0.1) is 6.92 Å². The summed E-state index contributed by atoms with van der Waals surface area (Å²) in [6.45, 7) is 2.50. The lowest BCUT2D eigenvalue weighted by Crippen LogP contribution is -2.11. The number of nitrogens with zero attached hydrogens (tertiary/aromatic N) is 3. The molecule has 0 amide bonds. The number of benzene rings is 1. The van der Waals surface area contributed by atoms with Gasteiger partial charge in [-0.15, -0.1) is 0 Å². The number of pyridine rings is 1. The summed E-state index contributed by atoms with van der Waals surface area (Å²) in [5.74, 6) is 1.94. The minimum Gasteiger partial charge on any atom is -0.493 e. The number of halogens is 3. The lowest BCUT2D eigenvalue weighted by Gasteiger charge is -2.14. The average Bonchev–Trinajstić information content (AvgIpc) is 2.71. The third-order valence-electron chi connectivity index (χ3n) is 4.17. The fourth-order valence-corrected chi connectivity index (χ4v) is 2.80. The van der Waals surface area contributed by atoms with Crippen molar-refractivity contribution in [3.63, 3.8) is 0 Å². The maximum atomic E-state index is 12.9. The van der Waals surface area contributed by atoms with Crippen LogP contribution in [0.3, 0.4) is 0 Å². The molecular formula is C20H21F3N4O3. The Labute approximate surface area is 171 Å². The van der Waals surface area contributed by atoms with E-state index in [1.165, 1.54) is 19.2 Å². The van der Waals surface area contributed by atoms with Gasteiger partial charge < -0.3 is 19.5 Å². The van der Waals surface area contributed by atoms with Crippen molar-refractivity contribution >= 4 is 16.7 Å². The molecule has 160 valence electrons. The van der Waals surface area contributed by atoms with Crippen LogP contribution in [0.1, 0.15) is 17.2 Å². The highest BCUT2D eigenvalue weighted by Crippen LogP contribution is 2.34. The van der Waals surface area contributed by atoms with Crippen LogP contribution in [0.5, 0.6) is 11.5 Å². The summed E-state index contributed by atoms with van der Waals surface area (Å²) in [6.07, 6.45) is -4.50. The number of hydrogen-bond donors (Lipinski definition) is 1. The zero-order chi connectivity index (χ0) is 21.7. The first-order valence-corrected chi connectivity index (χ1v) is 9.07. The summed E-state index contributed by atoms with van der Waals surface area (Å²) in [7, 11) is 3.10. The van der Waals surface area contributed by atoms with Gasteiger partial charge in [-0.25, -0.2) is 15.0 Å². The van der Waals surface area contributed by atoms with Gasteiger partial charge in [0.15, 0.2) is 11.5 Å². The van der Waals surface area contributed by atoms with E-state index in [-0.39, 0.29) is 12.2 Å². The van der Waals surface area contributed by atoms with E-state index in [9.17, 15) is 13.2 Å². The molecule has 0 saturated heterocycles. The van der Waals surface area contributed by atoms with Gasteiger partial charge in [0.1, 0.15) is 23.9 Å². The zero-order valence-electron chi connectivity index (χ0n) is 16.7. The molecule has 1 N–H and O–H groups in total. The molecule has 0 aliphatic rings. The number of ether oxygens (including phenoxy) is 3. The van der Waals surface area contributed by atoms with Gasteiger partial charge in [-0.2, -0.15) is 13.2 Å². The lowest BCUT2D eigenvalue weighted by atomic mass is 10.2. The number of anilines is 1. The number of methoxy groups -OCH3 is 2. The zero-order valence-corrected chi connectivity index (χ0v) is 16.7. The van der Waals surface area contributed by atoms with E-state index in [0.29, 0.717) is 47.3 Å². The van der Waals surface area contributed by atoms with Crippen molar-refractivity contribution in [2.24, 2.45) is 0 Å². The summed E-state index contributed by atoms with van der Waals surface area (Å²) < 4.78 is 54.8. The van der Waals surface area contributed by atoms with Crippen LogP contribution in [0.15, 0.2) is 30.3 Å². The van der Waals surface area contributed by atoms with Crippen molar-refractivity contribution < 1.29 is 27.4 Å². The Hall–Kier alpha value is -3.14. The highest BCUT2D eigenvalue weighted by Gasteiger charge is 2.32. The van der Waals surface area contributed by atoms with E-state index < -0.39 is 11.9 Å². The van der Waals surface area contributed by atoms with Gasteiger partial charge >= 0.3 is 6.18 Å². The summed E-state index contributed by atoms with van der Waals surface area (Å²) in [5, 5.41) is 3.69. The number of rotatable bonds is 8. The number of aryl methyl sites for hydroxylation is 1. The maximum absolute atomic E-state index is 12.9. The summed E-state index contributed by atoms with van der Waals surface area (Å²) >= 11 is 0. The molecule has 30 heavy (non-hydrogen) atoms. The minimum absolute atomic E-state index is 0.0569. The third-order valence-corrected chi connectivity index (χ3v) is 4.17. The van der Waals surface area contributed by atoms with Crippen molar-refractivity contribution in [3.8, 4) is 11.5 Å². The average molecular weight is 422 g/mol. The standard InChI is InChI=1S/C20H21F3N4O3/c1-12-25-15-10-16(29-3)17(30-8-7-28-2)9-14(15)19(26-12)24-11-13-5-4-6-18(27-13)20(21,22)23/h4-6,9-10H,7-8,11H2,1-3H3,(H,24,25,26). The fourth-order valence-electron chi connectivity index (χ4n) is 2.80. The fraction of sp³-hybridized carbons (Fsp3) is 0.350. The quantitative estimate of drug-likeness (QED) is 0.550. The van der Waals surface area contributed by atoms with Gasteiger partial charge in [0.25, 0.3) is 0 Å². The predicted octanol–water partition coefficient (Wildman–Crippen LogP) is 4.00. The molecule has 1 aromatic carbocycles. The van der Waals surface area contributed by atoms with E-state index in [4.69, 9.17) is 14.2 Å². The Morgan fingerprint density at radius 2 is 1.80 bits per heavy atom. The first kappa shape index (κ1) is 21.6. The highest BCUT2D eigenvalue weighted by atomic mass is 19.4. The van der Waals surface area contributed by atoms with Crippen LogP contribution in [0.25, 0.3) is 10.9 Å².